The van der Waals surface area contributed by atoms with E-state index in [2.05, 4.69) is 0 Å². The van der Waals surface area contributed by atoms with E-state index < -0.39 is 5.82 Å². The van der Waals surface area contributed by atoms with Gasteiger partial charge in [-0.3, -0.25) is 4.79 Å². The molecule has 1 aromatic rings. The Bertz CT molecular complexity index is 411. The molecular weight excluding hydrogens is 223 g/mol. The molecule has 4 heteroatoms. The lowest BCUT2D eigenvalue weighted by Gasteiger charge is -2.10. The average molecular weight is 238 g/mol. The normalized spacial score (nSPS) is 19.3. The molecule has 0 aromatic heterocycles. The topological polar surface area (TPSA) is 35.5 Å². The second kappa shape index (κ2) is 5.27. The highest BCUT2D eigenvalue weighted by molar-refractivity contribution is 5.82. The zero-order chi connectivity index (χ0) is 12.3. The minimum absolute atomic E-state index is 0.0246. The first-order chi connectivity index (χ1) is 8.18. The lowest BCUT2D eigenvalue weighted by atomic mass is 10.0. The van der Waals surface area contributed by atoms with Gasteiger partial charge >= 0.3 is 0 Å². The third-order valence-electron chi connectivity index (χ3n) is 2.91. The van der Waals surface area contributed by atoms with Crippen molar-refractivity contribution in [1.82, 2.24) is 0 Å². The van der Waals surface area contributed by atoms with Crippen LogP contribution in [0.3, 0.4) is 0 Å². The number of carbonyl (C=O) groups excluding carboxylic acids is 1. The average Bonchev–Trinajstić information content (AvgIpc) is 2.84. The van der Waals surface area contributed by atoms with Gasteiger partial charge in [-0.25, -0.2) is 4.39 Å². The Morgan fingerprint density at radius 3 is 3.12 bits per heavy atom. The number of aryl methyl sites for hydroxylation is 1. The Labute approximate surface area is 99.5 Å². The van der Waals surface area contributed by atoms with E-state index in [9.17, 15) is 9.18 Å². The van der Waals surface area contributed by atoms with E-state index in [4.69, 9.17) is 9.47 Å². The van der Waals surface area contributed by atoms with E-state index in [1.54, 1.807) is 19.1 Å². The lowest BCUT2D eigenvalue weighted by Crippen LogP contribution is -2.22. The highest BCUT2D eigenvalue weighted by Crippen LogP contribution is 2.20. The molecule has 1 aromatic carbocycles. The van der Waals surface area contributed by atoms with Gasteiger partial charge in [0.2, 0.25) is 0 Å². The van der Waals surface area contributed by atoms with Gasteiger partial charge in [0.15, 0.2) is 17.3 Å². The van der Waals surface area contributed by atoms with Crippen molar-refractivity contribution in [3.8, 4) is 5.75 Å². The molecule has 0 aliphatic carbocycles. The molecule has 1 aliphatic heterocycles. The van der Waals surface area contributed by atoms with Crippen molar-refractivity contribution >= 4 is 5.78 Å². The van der Waals surface area contributed by atoms with E-state index in [-0.39, 0.29) is 24.1 Å². The van der Waals surface area contributed by atoms with Crippen molar-refractivity contribution in [3.05, 3.63) is 29.6 Å². The molecule has 3 nitrogen and oxygen atoms in total. The molecule has 1 atom stereocenters. The molecule has 1 saturated heterocycles. The van der Waals surface area contributed by atoms with Crippen LogP contribution in [-0.2, 0) is 9.53 Å². The van der Waals surface area contributed by atoms with Crippen molar-refractivity contribution in [1.29, 1.82) is 0 Å². The first-order valence-electron chi connectivity index (χ1n) is 5.67. The zero-order valence-corrected chi connectivity index (χ0v) is 9.74. The molecule has 1 aliphatic rings. The van der Waals surface area contributed by atoms with Gasteiger partial charge in [-0.2, -0.15) is 0 Å². The quantitative estimate of drug-likeness (QED) is 0.806. The Morgan fingerprint density at radius 1 is 1.59 bits per heavy atom. The number of benzene rings is 1. The summed E-state index contributed by atoms with van der Waals surface area (Å²) in [5.74, 6) is -0.383. The van der Waals surface area contributed by atoms with Crippen molar-refractivity contribution in [3.63, 3.8) is 0 Å². The number of hydrogen-bond acceptors (Lipinski definition) is 3. The van der Waals surface area contributed by atoms with Gasteiger partial charge < -0.3 is 9.47 Å². The molecule has 92 valence electrons. The molecule has 0 bridgehead atoms. The lowest BCUT2D eigenvalue weighted by molar-refractivity contribution is -0.124. The van der Waals surface area contributed by atoms with Gasteiger partial charge in [0.05, 0.1) is 6.61 Å². The van der Waals surface area contributed by atoms with Gasteiger partial charge in [0.25, 0.3) is 0 Å². The minimum Gasteiger partial charge on any atom is -0.483 e. The zero-order valence-electron chi connectivity index (χ0n) is 9.74. The first kappa shape index (κ1) is 12.0. The number of carbonyl (C=O) groups is 1. The van der Waals surface area contributed by atoms with Crippen LogP contribution in [0, 0.1) is 18.7 Å². The van der Waals surface area contributed by atoms with Crippen LogP contribution in [0.15, 0.2) is 18.2 Å². The molecule has 2 rings (SSSR count). The highest BCUT2D eigenvalue weighted by Gasteiger charge is 2.23. The van der Waals surface area contributed by atoms with Gasteiger partial charge in [0, 0.05) is 12.5 Å². The summed E-state index contributed by atoms with van der Waals surface area (Å²) in [4.78, 5) is 11.7. The summed E-state index contributed by atoms with van der Waals surface area (Å²) in [5.41, 5.74) is 0.513. The number of halogens is 1. The van der Waals surface area contributed by atoms with Crippen LogP contribution < -0.4 is 4.74 Å². The van der Waals surface area contributed by atoms with E-state index in [0.717, 1.165) is 6.42 Å². The Morgan fingerprint density at radius 2 is 2.41 bits per heavy atom. The number of rotatable bonds is 4. The molecule has 0 spiro atoms. The Kier molecular flexibility index (Phi) is 3.74. The second-order valence-electron chi connectivity index (χ2n) is 4.20. The molecule has 0 radical (unpaired) electrons. The fraction of sp³-hybridized carbons (Fsp3) is 0.462. The fourth-order valence-corrected chi connectivity index (χ4v) is 1.79. The maximum Gasteiger partial charge on any atom is 0.175 e. The van der Waals surface area contributed by atoms with Crippen molar-refractivity contribution in [2.24, 2.45) is 5.92 Å². The van der Waals surface area contributed by atoms with E-state index >= 15 is 0 Å². The second-order valence-corrected chi connectivity index (χ2v) is 4.20. The van der Waals surface area contributed by atoms with Crippen molar-refractivity contribution in [2.45, 2.75) is 13.3 Å². The molecule has 17 heavy (non-hydrogen) atoms. The standard InChI is InChI=1S/C13H15FO3/c1-9-3-2-4-12(13(9)14)17-8-11(15)10-5-6-16-7-10/h2-4,10H,5-8H2,1H3. The summed E-state index contributed by atoms with van der Waals surface area (Å²) >= 11 is 0. The minimum atomic E-state index is -0.400. The van der Waals surface area contributed by atoms with Gasteiger partial charge in [-0.05, 0) is 25.0 Å². The molecule has 0 N–H and O–H groups in total. The third kappa shape index (κ3) is 2.82. The van der Waals surface area contributed by atoms with Crippen LogP contribution >= 0.6 is 0 Å². The molecule has 1 fully saturated rings. The van der Waals surface area contributed by atoms with Gasteiger partial charge in [0.1, 0.15) is 6.61 Å². The van der Waals surface area contributed by atoms with Crippen molar-refractivity contribution in [2.75, 3.05) is 19.8 Å². The maximum absolute atomic E-state index is 13.6. The third-order valence-corrected chi connectivity index (χ3v) is 2.91. The first-order valence-corrected chi connectivity index (χ1v) is 5.67. The summed E-state index contributed by atoms with van der Waals surface area (Å²) < 4.78 is 23.9. The van der Waals surface area contributed by atoms with Crippen LogP contribution in [0.25, 0.3) is 0 Å². The number of ether oxygens (including phenoxy) is 2. The van der Waals surface area contributed by atoms with E-state index in [1.807, 2.05) is 0 Å². The predicted molar refractivity (Wildman–Crippen MR) is 60.6 cm³/mol. The van der Waals surface area contributed by atoms with Gasteiger partial charge in [-0.1, -0.05) is 12.1 Å². The molecule has 1 heterocycles. The van der Waals surface area contributed by atoms with Crippen LogP contribution in [-0.4, -0.2) is 25.6 Å². The Hall–Kier alpha value is -1.42. The summed E-state index contributed by atoms with van der Waals surface area (Å²) in [6, 6.07) is 4.90. The van der Waals surface area contributed by atoms with Crippen LogP contribution in [0.1, 0.15) is 12.0 Å². The molecule has 1 unspecified atom stereocenters. The number of ketones is 1. The highest BCUT2D eigenvalue weighted by atomic mass is 19.1. The molecular formula is C13H15FO3. The van der Waals surface area contributed by atoms with Gasteiger partial charge in [-0.15, -0.1) is 0 Å². The maximum atomic E-state index is 13.6. The van der Waals surface area contributed by atoms with Crippen LogP contribution in [0.5, 0.6) is 5.75 Å². The van der Waals surface area contributed by atoms with Crippen LogP contribution in [0.4, 0.5) is 4.39 Å². The molecule has 0 amide bonds. The largest absolute Gasteiger partial charge is 0.483 e. The summed E-state index contributed by atoms with van der Waals surface area (Å²) in [7, 11) is 0. The summed E-state index contributed by atoms with van der Waals surface area (Å²) in [5, 5.41) is 0. The van der Waals surface area contributed by atoms with Crippen molar-refractivity contribution < 1.29 is 18.7 Å². The molecule has 0 saturated carbocycles. The Balaban J connectivity index is 1.93. The smallest absolute Gasteiger partial charge is 0.175 e. The van der Waals surface area contributed by atoms with Crippen LogP contribution in [0.2, 0.25) is 0 Å². The predicted octanol–water partition coefficient (Wildman–Crippen LogP) is 2.12. The SMILES string of the molecule is Cc1cccc(OCC(=O)C2CCOC2)c1F. The van der Waals surface area contributed by atoms with E-state index in [0.29, 0.717) is 18.8 Å². The van der Waals surface area contributed by atoms with E-state index in [1.165, 1.54) is 6.07 Å². The number of hydrogen-bond donors (Lipinski definition) is 0. The fourth-order valence-electron chi connectivity index (χ4n) is 1.79. The number of Topliss-reactive ketones (excluding diaryl/α,β-unsaturated/α-hetero) is 1. The monoisotopic (exact) mass is 238 g/mol. The summed E-state index contributed by atoms with van der Waals surface area (Å²) in [6.07, 6.45) is 0.735. The summed E-state index contributed by atoms with van der Waals surface area (Å²) in [6.45, 7) is 2.65.